The van der Waals surface area contributed by atoms with E-state index in [-0.39, 0.29) is 24.3 Å². The number of amides is 1. The van der Waals surface area contributed by atoms with E-state index in [0.29, 0.717) is 24.0 Å². The first-order chi connectivity index (χ1) is 11.5. The van der Waals surface area contributed by atoms with E-state index in [1.54, 1.807) is 17.2 Å². The molecule has 1 atom stereocenters. The van der Waals surface area contributed by atoms with Gasteiger partial charge in [0.25, 0.3) is 0 Å². The van der Waals surface area contributed by atoms with Gasteiger partial charge in [0, 0.05) is 25.6 Å². The Kier molecular flexibility index (Phi) is 4.58. The van der Waals surface area contributed by atoms with Gasteiger partial charge in [0.15, 0.2) is 0 Å². The van der Waals surface area contributed by atoms with E-state index in [0.717, 1.165) is 5.56 Å². The first-order valence-corrected chi connectivity index (χ1v) is 9.27. The molecule has 1 saturated heterocycles. The molecule has 1 spiro atoms. The van der Waals surface area contributed by atoms with Crippen molar-refractivity contribution in [3.63, 3.8) is 0 Å². The number of rotatable bonds is 1. The van der Waals surface area contributed by atoms with E-state index in [4.69, 9.17) is 4.74 Å². The maximum absolute atomic E-state index is 13.5. The third-order valence-corrected chi connectivity index (χ3v) is 5.39. The van der Waals surface area contributed by atoms with Crippen LogP contribution in [0.15, 0.2) is 22.9 Å². The number of pyridine rings is 1. The Morgan fingerprint density at radius 1 is 1.36 bits per heavy atom. The topological polar surface area (TPSA) is 42.4 Å². The summed E-state index contributed by atoms with van der Waals surface area (Å²) in [6, 6.07) is 3.40. The van der Waals surface area contributed by atoms with Crippen LogP contribution >= 0.6 is 15.9 Å². The van der Waals surface area contributed by atoms with Gasteiger partial charge in [-0.3, -0.25) is 0 Å². The highest BCUT2D eigenvalue weighted by molar-refractivity contribution is 9.10. The molecular formula is C18H23BrF2N2O2. The van der Waals surface area contributed by atoms with Gasteiger partial charge in [0.05, 0.1) is 6.04 Å². The summed E-state index contributed by atoms with van der Waals surface area (Å²) in [5.74, 6) is -2.57. The summed E-state index contributed by atoms with van der Waals surface area (Å²) in [6.07, 6.45) is 2.21. The SMILES string of the molecule is CC(C)(C)OC(=O)N1CCC2(CC1c1ccc(Br)nc1)CC(F)(F)C2. The largest absolute Gasteiger partial charge is 0.444 e. The summed E-state index contributed by atoms with van der Waals surface area (Å²) in [5.41, 5.74) is -0.138. The lowest BCUT2D eigenvalue weighted by Crippen LogP contribution is -2.54. The normalized spacial score (nSPS) is 24.7. The number of carbonyl (C=O) groups is 1. The van der Waals surface area contributed by atoms with E-state index >= 15 is 0 Å². The minimum Gasteiger partial charge on any atom is -0.444 e. The zero-order valence-electron chi connectivity index (χ0n) is 14.7. The molecule has 1 unspecified atom stereocenters. The molecule has 2 fully saturated rings. The summed E-state index contributed by atoms with van der Waals surface area (Å²) < 4.78 is 33.2. The highest BCUT2D eigenvalue weighted by atomic mass is 79.9. The Morgan fingerprint density at radius 2 is 2.04 bits per heavy atom. The maximum Gasteiger partial charge on any atom is 0.410 e. The van der Waals surface area contributed by atoms with Gasteiger partial charge in [0.1, 0.15) is 10.2 Å². The number of carbonyl (C=O) groups excluding carboxylic acids is 1. The smallest absolute Gasteiger partial charge is 0.410 e. The van der Waals surface area contributed by atoms with Crippen molar-refractivity contribution in [2.75, 3.05) is 6.54 Å². The van der Waals surface area contributed by atoms with Crippen LogP contribution in [0.2, 0.25) is 0 Å². The molecule has 1 aromatic heterocycles. The molecule has 0 bridgehead atoms. The highest BCUT2D eigenvalue weighted by Crippen LogP contribution is 2.60. The van der Waals surface area contributed by atoms with Crippen LogP contribution < -0.4 is 0 Å². The molecule has 2 aliphatic rings. The summed E-state index contributed by atoms with van der Waals surface area (Å²) in [6.45, 7) is 5.88. The average Bonchev–Trinajstić information content (AvgIpc) is 2.44. The van der Waals surface area contributed by atoms with Gasteiger partial charge in [-0.2, -0.15) is 0 Å². The quantitative estimate of drug-likeness (QED) is 0.580. The van der Waals surface area contributed by atoms with E-state index in [9.17, 15) is 13.6 Å². The number of hydrogen-bond donors (Lipinski definition) is 0. The van der Waals surface area contributed by atoms with Crippen molar-refractivity contribution in [2.24, 2.45) is 5.41 Å². The fraction of sp³-hybridized carbons (Fsp3) is 0.667. The molecule has 1 aliphatic heterocycles. The van der Waals surface area contributed by atoms with Gasteiger partial charge in [-0.05, 0) is 66.6 Å². The summed E-state index contributed by atoms with van der Waals surface area (Å²) in [7, 11) is 0. The molecule has 138 valence electrons. The monoisotopic (exact) mass is 416 g/mol. The highest BCUT2D eigenvalue weighted by Gasteiger charge is 2.59. The first kappa shape index (κ1) is 18.5. The number of ether oxygens (including phenoxy) is 1. The van der Waals surface area contributed by atoms with Crippen LogP contribution in [-0.2, 0) is 4.74 Å². The Balaban J connectivity index is 1.84. The van der Waals surface area contributed by atoms with Crippen LogP contribution in [0.3, 0.4) is 0 Å². The Morgan fingerprint density at radius 3 is 2.56 bits per heavy atom. The average molecular weight is 417 g/mol. The van der Waals surface area contributed by atoms with Gasteiger partial charge < -0.3 is 9.64 Å². The second-order valence-electron chi connectivity index (χ2n) is 8.27. The summed E-state index contributed by atoms with van der Waals surface area (Å²) in [5, 5.41) is 0. The van der Waals surface area contributed by atoms with Crippen molar-refractivity contribution in [1.29, 1.82) is 0 Å². The number of aromatic nitrogens is 1. The molecule has 0 radical (unpaired) electrons. The Bertz CT molecular complexity index is 650. The molecule has 1 amide bonds. The van der Waals surface area contributed by atoms with Gasteiger partial charge in [-0.1, -0.05) is 6.07 Å². The van der Waals surface area contributed by atoms with Crippen LogP contribution in [0.5, 0.6) is 0 Å². The molecule has 4 nitrogen and oxygen atoms in total. The Labute approximate surface area is 155 Å². The fourth-order valence-corrected chi connectivity index (χ4v) is 4.16. The molecule has 0 N–H and O–H groups in total. The van der Waals surface area contributed by atoms with Crippen LogP contribution in [0, 0.1) is 5.41 Å². The third-order valence-electron chi connectivity index (χ3n) is 4.92. The minimum atomic E-state index is -2.57. The molecule has 2 heterocycles. The molecule has 25 heavy (non-hydrogen) atoms. The lowest BCUT2D eigenvalue weighted by Gasteiger charge is -2.54. The van der Waals surface area contributed by atoms with Gasteiger partial charge >= 0.3 is 6.09 Å². The predicted octanol–water partition coefficient (Wildman–Crippen LogP) is 5.33. The number of nitrogens with zero attached hydrogens (tertiary/aromatic N) is 2. The molecule has 0 aromatic carbocycles. The van der Waals surface area contributed by atoms with Crippen molar-refractivity contribution < 1.29 is 18.3 Å². The molecule has 1 aromatic rings. The van der Waals surface area contributed by atoms with Gasteiger partial charge in [-0.15, -0.1) is 0 Å². The van der Waals surface area contributed by atoms with Crippen molar-refractivity contribution in [3.8, 4) is 0 Å². The molecular weight excluding hydrogens is 394 g/mol. The van der Waals surface area contributed by atoms with Crippen LogP contribution in [0.1, 0.15) is 58.1 Å². The summed E-state index contributed by atoms with van der Waals surface area (Å²) >= 11 is 3.30. The van der Waals surface area contributed by atoms with E-state index in [2.05, 4.69) is 20.9 Å². The number of piperidine rings is 1. The lowest BCUT2D eigenvalue weighted by atomic mass is 9.59. The maximum atomic E-state index is 13.5. The van der Waals surface area contributed by atoms with E-state index < -0.39 is 17.6 Å². The van der Waals surface area contributed by atoms with E-state index in [1.165, 1.54) is 0 Å². The second-order valence-corrected chi connectivity index (χ2v) is 9.08. The van der Waals surface area contributed by atoms with Crippen LogP contribution in [-0.4, -0.2) is 34.0 Å². The van der Waals surface area contributed by atoms with Crippen molar-refractivity contribution in [3.05, 3.63) is 28.5 Å². The predicted molar refractivity (Wildman–Crippen MR) is 93.5 cm³/mol. The Hall–Kier alpha value is -1.24. The van der Waals surface area contributed by atoms with Gasteiger partial charge in [-0.25, -0.2) is 18.6 Å². The number of alkyl halides is 2. The van der Waals surface area contributed by atoms with Crippen molar-refractivity contribution in [2.45, 2.75) is 64.0 Å². The molecule has 1 aliphatic carbocycles. The first-order valence-electron chi connectivity index (χ1n) is 8.48. The summed E-state index contributed by atoms with van der Waals surface area (Å²) in [4.78, 5) is 18.5. The van der Waals surface area contributed by atoms with Crippen LogP contribution in [0.4, 0.5) is 13.6 Å². The zero-order chi connectivity index (χ0) is 18.5. The fourth-order valence-electron chi connectivity index (χ4n) is 3.92. The molecule has 1 saturated carbocycles. The van der Waals surface area contributed by atoms with Crippen molar-refractivity contribution >= 4 is 22.0 Å². The third kappa shape index (κ3) is 4.13. The zero-order valence-corrected chi connectivity index (χ0v) is 16.3. The number of hydrogen-bond acceptors (Lipinski definition) is 3. The number of likely N-dealkylation sites (tertiary alicyclic amines) is 1. The number of halogens is 3. The van der Waals surface area contributed by atoms with Gasteiger partial charge in [0.2, 0.25) is 5.92 Å². The van der Waals surface area contributed by atoms with E-state index in [1.807, 2.05) is 26.8 Å². The second kappa shape index (κ2) is 6.18. The standard InChI is InChI=1S/C18H23BrF2N2O2/c1-16(2,3)25-15(24)23-7-6-17(10-18(20,21)11-17)8-13(23)12-4-5-14(19)22-9-12/h4-5,9,13H,6-8,10-11H2,1-3H3. The molecule has 7 heteroatoms. The lowest BCUT2D eigenvalue weighted by molar-refractivity contribution is -0.183. The minimum absolute atomic E-state index is 0.0946. The van der Waals surface area contributed by atoms with Crippen LogP contribution in [0.25, 0.3) is 0 Å². The molecule has 3 rings (SSSR count). The van der Waals surface area contributed by atoms with Crippen molar-refractivity contribution in [1.82, 2.24) is 9.88 Å².